The van der Waals surface area contributed by atoms with E-state index >= 15 is 0 Å². The first kappa shape index (κ1) is 17.0. The first-order valence-electron chi connectivity index (χ1n) is 7.73. The second-order valence-corrected chi connectivity index (χ2v) is 6.43. The summed E-state index contributed by atoms with van der Waals surface area (Å²) in [5.41, 5.74) is 2.98. The monoisotopic (exact) mass is 351 g/mol. The number of rotatable bonds is 5. The van der Waals surface area contributed by atoms with Crippen molar-refractivity contribution in [1.29, 1.82) is 0 Å². The third-order valence-corrected chi connectivity index (χ3v) is 4.70. The largest absolute Gasteiger partial charge is 0.497 e. The molecular formula is C20H17NO3S. The molecule has 0 aliphatic carbocycles. The van der Waals surface area contributed by atoms with Gasteiger partial charge in [-0.1, -0.05) is 42.5 Å². The van der Waals surface area contributed by atoms with Crippen LogP contribution >= 0.6 is 11.8 Å². The van der Waals surface area contributed by atoms with Crippen LogP contribution in [0.1, 0.15) is 5.56 Å². The Kier molecular flexibility index (Phi) is 5.05. The minimum absolute atomic E-state index is 0.233. The van der Waals surface area contributed by atoms with E-state index in [9.17, 15) is 9.59 Å². The molecule has 0 unspecified atom stereocenters. The number of thioether (sulfide) groups is 1. The van der Waals surface area contributed by atoms with Crippen molar-refractivity contribution in [2.45, 2.75) is 0 Å². The van der Waals surface area contributed by atoms with Crippen LogP contribution in [0.5, 0.6) is 5.75 Å². The lowest BCUT2D eigenvalue weighted by Crippen LogP contribution is -2.27. The van der Waals surface area contributed by atoms with Gasteiger partial charge in [0.05, 0.1) is 12.0 Å². The molecule has 25 heavy (non-hydrogen) atoms. The van der Waals surface area contributed by atoms with E-state index in [2.05, 4.69) is 6.58 Å². The van der Waals surface area contributed by atoms with Crippen molar-refractivity contribution in [2.75, 3.05) is 13.7 Å². The summed E-state index contributed by atoms with van der Waals surface area (Å²) in [5, 5.41) is -0.260. The molecule has 0 saturated carbocycles. The van der Waals surface area contributed by atoms with E-state index in [1.165, 1.54) is 4.90 Å². The summed E-state index contributed by atoms with van der Waals surface area (Å²) in [7, 11) is 1.64. The predicted octanol–water partition coefficient (Wildman–Crippen LogP) is 4.58. The van der Waals surface area contributed by atoms with Crippen molar-refractivity contribution in [1.82, 2.24) is 4.90 Å². The normalized spacial score (nSPS) is 15.7. The Morgan fingerprint density at radius 2 is 1.88 bits per heavy atom. The Bertz CT molecular complexity index is 855. The van der Waals surface area contributed by atoms with Gasteiger partial charge in [-0.2, -0.15) is 0 Å². The number of hydrogen-bond donors (Lipinski definition) is 0. The molecule has 1 aliphatic rings. The quantitative estimate of drug-likeness (QED) is 0.584. The van der Waals surface area contributed by atoms with Gasteiger partial charge in [-0.15, -0.1) is 6.58 Å². The molecule has 1 fully saturated rings. The Morgan fingerprint density at radius 1 is 1.12 bits per heavy atom. The van der Waals surface area contributed by atoms with Gasteiger partial charge in [0.2, 0.25) is 0 Å². The minimum Gasteiger partial charge on any atom is -0.497 e. The lowest BCUT2D eigenvalue weighted by molar-refractivity contribution is -0.122. The third kappa shape index (κ3) is 3.67. The van der Waals surface area contributed by atoms with Crippen LogP contribution in [0.2, 0.25) is 0 Å². The topological polar surface area (TPSA) is 46.6 Å². The zero-order valence-electron chi connectivity index (χ0n) is 13.8. The van der Waals surface area contributed by atoms with Crippen LogP contribution in [-0.2, 0) is 4.79 Å². The fourth-order valence-corrected chi connectivity index (χ4v) is 3.36. The average molecular weight is 351 g/mol. The number of carbonyl (C=O) groups excluding carboxylic acids is 2. The molecule has 0 bridgehead atoms. The number of nitrogens with zero attached hydrogens (tertiary/aromatic N) is 1. The van der Waals surface area contributed by atoms with E-state index in [-0.39, 0.29) is 17.7 Å². The van der Waals surface area contributed by atoms with E-state index in [0.29, 0.717) is 4.91 Å². The predicted molar refractivity (Wildman–Crippen MR) is 101 cm³/mol. The van der Waals surface area contributed by atoms with Crippen LogP contribution in [0.25, 0.3) is 17.2 Å². The highest BCUT2D eigenvalue weighted by Crippen LogP contribution is 2.32. The van der Waals surface area contributed by atoms with Crippen molar-refractivity contribution in [3.8, 4) is 16.9 Å². The Hall–Kier alpha value is -2.79. The maximum absolute atomic E-state index is 12.2. The second kappa shape index (κ2) is 7.40. The molecule has 2 aromatic carbocycles. The van der Waals surface area contributed by atoms with Crippen LogP contribution < -0.4 is 4.74 Å². The van der Waals surface area contributed by atoms with Gasteiger partial charge in [0.25, 0.3) is 11.1 Å². The summed E-state index contributed by atoms with van der Waals surface area (Å²) >= 11 is 0.956. The summed E-state index contributed by atoms with van der Waals surface area (Å²) in [5.74, 6) is 0.532. The average Bonchev–Trinajstić information content (AvgIpc) is 2.90. The van der Waals surface area contributed by atoms with Crippen molar-refractivity contribution >= 4 is 29.0 Å². The van der Waals surface area contributed by atoms with Gasteiger partial charge in [-0.05, 0) is 46.7 Å². The Morgan fingerprint density at radius 3 is 2.56 bits per heavy atom. The first-order chi connectivity index (χ1) is 12.1. The number of amides is 2. The first-order valence-corrected chi connectivity index (χ1v) is 8.55. The molecule has 0 N–H and O–H groups in total. The van der Waals surface area contributed by atoms with Gasteiger partial charge < -0.3 is 4.74 Å². The molecular weight excluding hydrogens is 334 g/mol. The summed E-state index contributed by atoms with van der Waals surface area (Å²) in [6.07, 6.45) is 3.28. The van der Waals surface area contributed by atoms with Gasteiger partial charge in [0.1, 0.15) is 5.75 Å². The molecule has 5 heteroatoms. The summed E-state index contributed by atoms with van der Waals surface area (Å²) in [6, 6.07) is 15.6. The SMILES string of the molecule is C=CCN1C(=O)S/C(=C\c2ccc(-c3cccc(OC)c3)cc2)C1=O. The molecule has 126 valence electrons. The van der Waals surface area contributed by atoms with Crippen LogP contribution in [0.15, 0.2) is 66.1 Å². The van der Waals surface area contributed by atoms with E-state index in [4.69, 9.17) is 4.74 Å². The van der Waals surface area contributed by atoms with Gasteiger partial charge in [0.15, 0.2) is 0 Å². The van der Waals surface area contributed by atoms with E-state index in [1.807, 2.05) is 48.5 Å². The minimum atomic E-state index is -0.272. The maximum atomic E-state index is 12.2. The highest BCUT2D eigenvalue weighted by Gasteiger charge is 2.33. The van der Waals surface area contributed by atoms with Crippen molar-refractivity contribution < 1.29 is 14.3 Å². The third-order valence-electron chi connectivity index (χ3n) is 3.80. The molecule has 2 aromatic rings. The van der Waals surface area contributed by atoms with E-state index in [1.54, 1.807) is 19.3 Å². The van der Waals surface area contributed by atoms with Crippen LogP contribution in [0.4, 0.5) is 4.79 Å². The van der Waals surface area contributed by atoms with Gasteiger partial charge in [0, 0.05) is 6.54 Å². The molecule has 2 amide bonds. The van der Waals surface area contributed by atoms with Crippen molar-refractivity contribution in [3.63, 3.8) is 0 Å². The standard InChI is InChI=1S/C20H17NO3S/c1-3-11-21-19(22)18(25-20(21)23)12-14-7-9-15(10-8-14)16-5-4-6-17(13-16)24-2/h3-10,12-13H,1,11H2,2H3/b18-12-. The van der Waals surface area contributed by atoms with E-state index < -0.39 is 0 Å². The molecule has 1 heterocycles. The lowest BCUT2D eigenvalue weighted by Gasteiger charge is -2.07. The Balaban J connectivity index is 1.82. The number of ether oxygens (including phenoxy) is 1. The van der Waals surface area contributed by atoms with Crippen LogP contribution in [0, 0.1) is 0 Å². The number of hydrogen-bond acceptors (Lipinski definition) is 4. The number of imide groups is 1. The number of benzene rings is 2. The molecule has 0 aromatic heterocycles. The van der Waals surface area contributed by atoms with Crippen LogP contribution in [-0.4, -0.2) is 29.7 Å². The lowest BCUT2D eigenvalue weighted by atomic mass is 10.0. The van der Waals surface area contributed by atoms with Gasteiger partial charge >= 0.3 is 0 Å². The summed E-state index contributed by atoms with van der Waals surface area (Å²) < 4.78 is 5.25. The fourth-order valence-electron chi connectivity index (χ4n) is 2.51. The molecule has 4 nitrogen and oxygen atoms in total. The maximum Gasteiger partial charge on any atom is 0.293 e. The van der Waals surface area contributed by atoms with Gasteiger partial charge in [-0.25, -0.2) is 0 Å². The van der Waals surface area contributed by atoms with Crippen molar-refractivity contribution in [2.24, 2.45) is 0 Å². The highest BCUT2D eigenvalue weighted by atomic mass is 32.2. The van der Waals surface area contributed by atoms with Crippen molar-refractivity contribution in [3.05, 3.63) is 71.7 Å². The second-order valence-electron chi connectivity index (χ2n) is 5.43. The number of carbonyl (C=O) groups is 2. The highest BCUT2D eigenvalue weighted by molar-refractivity contribution is 8.18. The molecule has 1 aliphatic heterocycles. The molecule has 0 radical (unpaired) electrons. The molecule has 0 atom stereocenters. The smallest absolute Gasteiger partial charge is 0.293 e. The molecule has 3 rings (SSSR count). The Labute approximate surface area is 150 Å². The number of methoxy groups -OCH3 is 1. The fraction of sp³-hybridized carbons (Fsp3) is 0.100. The summed E-state index contributed by atoms with van der Waals surface area (Å²) in [6.45, 7) is 3.80. The molecule has 1 saturated heterocycles. The van der Waals surface area contributed by atoms with E-state index in [0.717, 1.165) is 34.2 Å². The summed E-state index contributed by atoms with van der Waals surface area (Å²) in [4.78, 5) is 25.7. The van der Waals surface area contributed by atoms with Crippen LogP contribution in [0.3, 0.4) is 0 Å². The molecule has 0 spiro atoms. The zero-order valence-corrected chi connectivity index (χ0v) is 14.6. The van der Waals surface area contributed by atoms with Gasteiger partial charge in [-0.3, -0.25) is 14.5 Å². The zero-order chi connectivity index (χ0) is 17.8.